The number of rotatable bonds is 0. The topological polar surface area (TPSA) is 41.8 Å². The highest BCUT2D eigenvalue weighted by Crippen LogP contribution is 2.10. The Morgan fingerprint density at radius 3 is 2.75 bits per heavy atom. The second-order valence-corrected chi connectivity index (χ2v) is 1.71. The molecule has 0 fully saturated rings. The number of nitrogens with zero attached hydrogens (tertiary/aromatic N) is 2. The lowest BCUT2D eigenvalue weighted by atomic mass is 10.4. The minimum atomic E-state index is -0.241. The zero-order valence-corrected chi connectivity index (χ0v) is 4.72. The molecule has 1 aliphatic rings. The second kappa shape index (κ2) is 2.05. The summed E-state index contributed by atoms with van der Waals surface area (Å²) in [7, 11) is 0. The molecule has 0 aromatic heterocycles. The van der Waals surface area contributed by atoms with Gasteiger partial charge in [0.2, 0.25) is 0 Å². The number of amides is 1. The average molecular weight is 131 g/mol. The minimum absolute atomic E-state index is 0.241. The van der Waals surface area contributed by atoms with Gasteiger partial charge in [-0.1, -0.05) is 11.6 Å². The number of carbonyl (C=O) groups is 1. The molecule has 0 unspecified atom stereocenters. The first-order valence-corrected chi connectivity index (χ1v) is 2.47. The summed E-state index contributed by atoms with van der Waals surface area (Å²) >= 11 is 5.33. The van der Waals surface area contributed by atoms with Crippen molar-refractivity contribution in [2.75, 3.05) is 0 Å². The summed E-state index contributed by atoms with van der Waals surface area (Å²) in [4.78, 5) is 10.2. The van der Waals surface area contributed by atoms with Gasteiger partial charge in [0.15, 0.2) is 0 Å². The van der Waals surface area contributed by atoms with E-state index >= 15 is 0 Å². The van der Waals surface area contributed by atoms with Gasteiger partial charge in [-0.15, -0.1) is 10.2 Å². The van der Waals surface area contributed by atoms with E-state index in [2.05, 4.69) is 10.2 Å². The third-order valence-corrected chi connectivity index (χ3v) is 0.932. The molecular formula is C4H3ClN2O. The fourth-order valence-electron chi connectivity index (χ4n) is 0.357. The van der Waals surface area contributed by atoms with Crippen LogP contribution in [0.1, 0.15) is 6.42 Å². The van der Waals surface area contributed by atoms with Gasteiger partial charge in [0.1, 0.15) is 5.16 Å². The maximum Gasteiger partial charge on any atom is 0.268 e. The monoisotopic (exact) mass is 130 g/mol. The summed E-state index contributed by atoms with van der Waals surface area (Å²) in [5.41, 5.74) is 0. The standard InChI is InChI=1S/C4H3ClN2O/c5-3-1-2-4(8)7-6-3/h1H,2H2. The zero-order valence-electron chi connectivity index (χ0n) is 3.97. The Morgan fingerprint density at radius 1 is 1.62 bits per heavy atom. The molecule has 1 amide bonds. The van der Waals surface area contributed by atoms with E-state index in [1.807, 2.05) is 0 Å². The molecule has 3 nitrogen and oxygen atoms in total. The van der Waals surface area contributed by atoms with Crippen molar-refractivity contribution in [2.45, 2.75) is 6.42 Å². The van der Waals surface area contributed by atoms with Crippen LogP contribution in [-0.4, -0.2) is 5.91 Å². The van der Waals surface area contributed by atoms with E-state index in [9.17, 15) is 4.79 Å². The molecule has 0 atom stereocenters. The molecule has 0 bridgehead atoms. The first-order valence-electron chi connectivity index (χ1n) is 2.09. The van der Waals surface area contributed by atoms with Crippen LogP contribution in [0.3, 0.4) is 0 Å². The first-order chi connectivity index (χ1) is 3.79. The molecular weight excluding hydrogens is 128 g/mol. The molecule has 42 valence electrons. The molecule has 1 heterocycles. The van der Waals surface area contributed by atoms with Crippen molar-refractivity contribution in [3.8, 4) is 0 Å². The van der Waals surface area contributed by atoms with Crippen LogP contribution in [0.15, 0.2) is 21.5 Å². The van der Waals surface area contributed by atoms with Crippen LogP contribution in [0.4, 0.5) is 0 Å². The van der Waals surface area contributed by atoms with Crippen molar-refractivity contribution in [2.24, 2.45) is 10.2 Å². The molecule has 1 aliphatic heterocycles. The number of hydrogen-bond acceptors (Lipinski definition) is 2. The van der Waals surface area contributed by atoms with E-state index in [4.69, 9.17) is 11.6 Å². The third kappa shape index (κ3) is 1.13. The fourth-order valence-corrected chi connectivity index (χ4v) is 0.472. The lowest BCUT2D eigenvalue weighted by molar-refractivity contribution is -0.117. The normalized spacial score (nSPS) is 18.6. The van der Waals surface area contributed by atoms with Gasteiger partial charge in [-0.3, -0.25) is 4.79 Å². The minimum Gasteiger partial charge on any atom is -0.271 e. The highest BCUT2D eigenvalue weighted by atomic mass is 35.5. The Labute approximate surface area is 51.1 Å². The summed E-state index contributed by atoms with van der Waals surface area (Å²) in [6, 6.07) is 0. The van der Waals surface area contributed by atoms with Crippen LogP contribution in [0, 0.1) is 0 Å². The largest absolute Gasteiger partial charge is 0.271 e. The van der Waals surface area contributed by atoms with Crippen LogP contribution in [0.5, 0.6) is 0 Å². The van der Waals surface area contributed by atoms with Gasteiger partial charge in [-0.05, 0) is 6.08 Å². The van der Waals surface area contributed by atoms with E-state index < -0.39 is 0 Å². The van der Waals surface area contributed by atoms with Crippen LogP contribution >= 0.6 is 11.6 Å². The Morgan fingerprint density at radius 2 is 2.38 bits per heavy atom. The molecule has 0 N–H and O–H groups in total. The zero-order chi connectivity index (χ0) is 5.98. The van der Waals surface area contributed by atoms with Crippen LogP contribution in [0.2, 0.25) is 0 Å². The van der Waals surface area contributed by atoms with Gasteiger partial charge >= 0.3 is 0 Å². The van der Waals surface area contributed by atoms with E-state index in [1.165, 1.54) is 6.08 Å². The predicted octanol–water partition coefficient (Wildman–Crippen LogP) is 1.45. The summed E-state index contributed by atoms with van der Waals surface area (Å²) in [5, 5.41) is 6.81. The Hall–Kier alpha value is -0.700. The molecule has 1 rings (SSSR count). The first kappa shape index (κ1) is 5.44. The lowest BCUT2D eigenvalue weighted by Gasteiger charge is -1.92. The molecule has 0 aromatic rings. The Bertz CT molecular complexity index is 170. The summed E-state index contributed by atoms with van der Waals surface area (Å²) < 4.78 is 0. The number of azo groups is 1. The van der Waals surface area contributed by atoms with Crippen molar-refractivity contribution in [1.29, 1.82) is 0 Å². The van der Waals surface area contributed by atoms with Crippen LogP contribution in [-0.2, 0) is 4.79 Å². The summed E-state index contributed by atoms with van der Waals surface area (Å²) in [5.74, 6) is -0.241. The van der Waals surface area contributed by atoms with Gasteiger partial charge < -0.3 is 0 Å². The third-order valence-electron chi connectivity index (χ3n) is 0.702. The number of hydrogen-bond donors (Lipinski definition) is 0. The highest BCUT2D eigenvalue weighted by molar-refractivity contribution is 6.29. The molecule has 0 aromatic carbocycles. The maximum atomic E-state index is 10.2. The molecule has 8 heavy (non-hydrogen) atoms. The Kier molecular flexibility index (Phi) is 1.39. The predicted molar refractivity (Wildman–Crippen MR) is 28.4 cm³/mol. The van der Waals surface area contributed by atoms with Crippen molar-refractivity contribution < 1.29 is 4.79 Å². The van der Waals surface area contributed by atoms with Gasteiger partial charge in [-0.2, -0.15) is 0 Å². The smallest absolute Gasteiger partial charge is 0.268 e. The van der Waals surface area contributed by atoms with Gasteiger partial charge in [0, 0.05) is 0 Å². The average Bonchev–Trinajstić information content (AvgIpc) is 1.77. The molecule has 4 heteroatoms. The summed E-state index contributed by atoms with van der Waals surface area (Å²) in [6.45, 7) is 0. The Balaban J connectivity index is 2.71. The van der Waals surface area contributed by atoms with Gasteiger partial charge in [-0.25, -0.2) is 0 Å². The molecule has 0 spiro atoms. The van der Waals surface area contributed by atoms with Crippen molar-refractivity contribution in [1.82, 2.24) is 0 Å². The molecule has 0 radical (unpaired) electrons. The van der Waals surface area contributed by atoms with Crippen molar-refractivity contribution in [3.05, 3.63) is 11.2 Å². The van der Waals surface area contributed by atoms with E-state index in [-0.39, 0.29) is 12.3 Å². The quantitative estimate of drug-likeness (QED) is 0.458. The SMILES string of the molecule is O=C1CC=C(Cl)N=N1. The van der Waals surface area contributed by atoms with Crippen molar-refractivity contribution >= 4 is 17.5 Å². The summed E-state index contributed by atoms with van der Waals surface area (Å²) in [6.07, 6.45) is 1.80. The fraction of sp³-hybridized carbons (Fsp3) is 0.250. The van der Waals surface area contributed by atoms with E-state index in [0.29, 0.717) is 5.16 Å². The number of halogens is 1. The molecule has 0 aliphatic carbocycles. The lowest BCUT2D eigenvalue weighted by Crippen LogP contribution is -1.92. The second-order valence-electron chi connectivity index (χ2n) is 1.32. The van der Waals surface area contributed by atoms with Gasteiger partial charge in [0.05, 0.1) is 6.42 Å². The van der Waals surface area contributed by atoms with E-state index in [0.717, 1.165) is 0 Å². The van der Waals surface area contributed by atoms with Crippen LogP contribution < -0.4 is 0 Å². The number of carbonyl (C=O) groups excluding carboxylic acids is 1. The molecule has 0 saturated carbocycles. The molecule has 0 saturated heterocycles. The van der Waals surface area contributed by atoms with Gasteiger partial charge in [0.25, 0.3) is 5.91 Å². The van der Waals surface area contributed by atoms with Crippen LogP contribution in [0.25, 0.3) is 0 Å². The van der Waals surface area contributed by atoms with E-state index in [1.54, 1.807) is 0 Å². The van der Waals surface area contributed by atoms with Crippen molar-refractivity contribution in [3.63, 3.8) is 0 Å². The highest BCUT2D eigenvalue weighted by Gasteiger charge is 2.02. The maximum absolute atomic E-state index is 10.2.